The maximum absolute atomic E-state index is 13.4. The Bertz CT molecular complexity index is 1140. The third-order valence-corrected chi connectivity index (χ3v) is 6.51. The molecule has 2 aliphatic heterocycles. The first-order valence-electron chi connectivity index (χ1n) is 10.7. The fraction of sp³-hybridized carbons (Fsp3) is 0.500. The largest absolute Gasteiger partial charge is 0.451 e. The lowest BCUT2D eigenvalue weighted by Crippen LogP contribution is -2.39. The molecule has 1 N–H and O–H groups in total. The van der Waals surface area contributed by atoms with E-state index in [1.54, 1.807) is 0 Å². The Morgan fingerprint density at radius 1 is 1.25 bits per heavy atom. The summed E-state index contributed by atoms with van der Waals surface area (Å²) >= 11 is 6.24. The van der Waals surface area contributed by atoms with E-state index in [-0.39, 0.29) is 17.8 Å². The summed E-state index contributed by atoms with van der Waals surface area (Å²) in [6.07, 6.45) is -1.24. The normalized spacial score (nSPS) is 21.7. The molecule has 6 nitrogen and oxygen atoms in total. The fourth-order valence-corrected chi connectivity index (χ4v) is 5.03. The molecule has 2 aliphatic rings. The van der Waals surface area contributed by atoms with Crippen molar-refractivity contribution in [1.82, 2.24) is 19.9 Å². The Kier molecular flexibility index (Phi) is 5.49. The van der Waals surface area contributed by atoms with Crippen molar-refractivity contribution < 1.29 is 17.9 Å². The SMILES string of the molecule is Cc1nc(N2CCc3c([nH]c4ccc(Cl)cc34)[C@@H]2C[C@H]2CCCOC2)nc(C(F)(F)F)n1. The molecule has 32 heavy (non-hydrogen) atoms. The van der Waals surface area contributed by atoms with Crippen molar-refractivity contribution in [2.75, 3.05) is 24.7 Å². The third kappa shape index (κ3) is 4.03. The number of fused-ring (bicyclic) bond motifs is 3. The van der Waals surface area contributed by atoms with Crippen LogP contribution in [-0.4, -0.2) is 39.7 Å². The van der Waals surface area contributed by atoms with Gasteiger partial charge in [0.25, 0.3) is 0 Å². The summed E-state index contributed by atoms with van der Waals surface area (Å²) in [5, 5.41) is 1.71. The van der Waals surface area contributed by atoms with Gasteiger partial charge in [-0.3, -0.25) is 0 Å². The number of nitrogens with zero attached hydrogens (tertiary/aromatic N) is 4. The molecule has 2 atom stereocenters. The van der Waals surface area contributed by atoms with Crippen LogP contribution in [-0.2, 0) is 17.3 Å². The maximum Gasteiger partial charge on any atom is 0.451 e. The number of aromatic amines is 1. The van der Waals surface area contributed by atoms with Crippen molar-refractivity contribution in [3.05, 3.63) is 46.1 Å². The van der Waals surface area contributed by atoms with E-state index in [2.05, 4.69) is 19.9 Å². The smallest absolute Gasteiger partial charge is 0.381 e. The second-order valence-corrected chi connectivity index (χ2v) is 8.93. The van der Waals surface area contributed by atoms with Crippen molar-refractivity contribution in [2.24, 2.45) is 5.92 Å². The van der Waals surface area contributed by atoms with Gasteiger partial charge in [0.2, 0.25) is 11.8 Å². The molecule has 10 heteroatoms. The first-order valence-corrected chi connectivity index (χ1v) is 11.1. The van der Waals surface area contributed by atoms with Crippen LogP contribution in [0, 0.1) is 12.8 Å². The van der Waals surface area contributed by atoms with Crippen LogP contribution >= 0.6 is 11.6 Å². The Morgan fingerprint density at radius 3 is 2.84 bits per heavy atom. The number of anilines is 1. The van der Waals surface area contributed by atoms with E-state index >= 15 is 0 Å². The lowest BCUT2D eigenvalue weighted by atomic mass is 9.88. The van der Waals surface area contributed by atoms with Crippen LogP contribution in [0.4, 0.5) is 19.1 Å². The number of aromatic nitrogens is 4. The molecule has 0 saturated carbocycles. The van der Waals surface area contributed by atoms with Gasteiger partial charge in [-0.25, -0.2) is 4.98 Å². The molecule has 5 rings (SSSR count). The number of benzene rings is 1. The molecule has 170 valence electrons. The first kappa shape index (κ1) is 21.5. The van der Waals surface area contributed by atoms with Crippen LogP contribution in [0.5, 0.6) is 0 Å². The Morgan fingerprint density at radius 2 is 2.09 bits per heavy atom. The summed E-state index contributed by atoms with van der Waals surface area (Å²) in [6, 6.07) is 5.52. The number of alkyl halides is 3. The molecule has 1 saturated heterocycles. The zero-order chi connectivity index (χ0) is 22.5. The van der Waals surface area contributed by atoms with E-state index in [1.165, 1.54) is 6.92 Å². The predicted octanol–water partition coefficient (Wildman–Crippen LogP) is 5.25. The minimum absolute atomic E-state index is 0.0521. The molecular formula is C22H23ClF3N5O. The highest BCUT2D eigenvalue weighted by molar-refractivity contribution is 6.31. The number of hydrogen-bond acceptors (Lipinski definition) is 5. The van der Waals surface area contributed by atoms with E-state index in [0.29, 0.717) is 30.5 Å². The van der Waals surface area contributed by atoms with E-state index in [9.17, 15) is 13.2 Å². The van der Waals surface area contributed by atoms with Crippen LogP contribution in [0.15, 0.2) is 18.2 Å². The summed E-state index contributed by atoms with van der Waals surface area (Å²) in [5.74, 6) is -0.735. The lowest BCUT2D eigenvalue weighted by Gasteiger charge is -2.38. The van der Waals surface area contributed by atoms with Gasteiger partial charge >= 0.3 is 6.18 Å². The van der Waals surface area contributed by atoms with E-state index < -0.39 is 12.0 Å². The molecular weight excluding hydrogens is 443 g/mol. The van der Waals surface area contributed by atoms with E-state index in [1.807, 2.05) is 23.1 Å². The highest BCUT2D eigenvalue weighted by atomic mass is 35.5. The van der Waals surface area contributed by atoms with Gasteiger partial charge in [-0.2, -0.15) is 23.1 Å². The summed E-state index contributed by atoms with van der Waals surface area (Å²) in [5.41, 5.74) is 3.11. The van der Waals surface area contributed by atoms with Gasteiger partial charge in [0.1, 0.15) is 5.82 Å². The van der Waals surface area contributed by atoms with Crippen LogP contribution in [0.25, 0.3) is 10.9 Å². The maximum atomic E-state index is 13.4. The van der Waals surface area contributed by atoms with Crippen LogP contribution in [0.3, 0.4) is 0 Å². The van der Waals surface area contributed by atoms with Gasteiger partial charge in [-0.15, -0.1) is 0 Å². The summed E-state index contributed by atoms with van der Waals surface area (Å²) in [6.45, 7) is 3.37. The van der Waals surface area contributed by atoms with Crippen LogP contribution < -0.4 is 4.90 Å². The standard InChI is InChI=1S/C22H23ClF3N5O/c1-12-27-20(22(24,25)26)30-21(28-12)31-7-6-15-16-10-14(23)4-5-17(16)29-19(15)18(31)9-13-3-2-8-32-11-13/h4-5,10,13,18,29H,2-3,6-9,11H2,1H3/t13-,18+/m1/s1. The number of H-pyrrole nitrogens is 1. The number of aryl methyl sites for hydroxylation is 1. The average Bonchev–Trinajstić information content (AvgIpc) is 3.12. The number of nitrogens with one attached hydrogen (secondary N) is 1. The minimum Gasteiger partial charge on any atom is -0.381 e. The van der Waals surface area contributed by atoms with Gasteiger partial charge in [0.15, 0.2) is 0 Å². The van der Waals surface area contributed by atoms with Crippen molar-refractivity contribution >= 4 is 28.5 Å². The number of halogens is 4. The van der Waals surface area contributed by atoms with Crippen LogP contribution in [0.1, 0.15) is 48.2 Å². The molecule has 1 fully saturated rings. The molecule has 0 bridgehead atoms. The molecule has 0 amide bonds. The highest BCUT2D eigenvalue weighted by Crippen LogP contribution is 2.41. The monoisotopic (exact) mass is 465 g/mol. The molecule has 3 aromatic rings. The van der Waals surface area contributed by atoms with Gasteiger partial charge in [0.05, 0.1) is 6.04 Å². The Balaban J connectivity index is 1.59. The molecule has 0 spiro atoms. The van der Waals surface area contributed by atoms with E-state index in [0.717, 1.165) is 48.0 Å². The molecule has 0 aliphatic carbocycles. The molecule has 0 radical (unpaired) electrons. The Hall–Kier alpha value is -2.39. The highest BCUT2D eigenvalue weighted by Gasteiger charge is 2.38. The van der Waals surface area contributed by atoms with Crippen molar-refractivity contribution in [3.8, 4) is 0 Å². The predicted molar refractivity (Wildman–Crippen MR) is 115 cm³/mol. The molecule has 1 aromatic carbocycles. The molecule has 2 aromatic heterocycles. The number of rotatable bonds is 3. The fourth-order valence-electron chi connectivity index (χ4n) is 4.85. The number of hydrogen-bond donors (Lipinski definition) is 1. The van der Waals surface area contributed by atoms with Gasteiger partial charge in [0, 0.05) is 41.4 Å². The summed E-state index contributed by atoms with van der Waals surface area (Å²) in [7, 11) is 0. The minimum atomic E-state index is -4.63. The number of ether oxygens (including phenoxy) is 1. The van der Waals surface area contributed by atoms with Crippen LogP contribution in [0.2, 0.25) is 5.02 Å². The quantitative estimate of drug-likeness (QED) is 0.572. The second kappa shape index (κ2) is 8.19. The average molecular weight is 466 g/mol. The summed E-state index contributed by atoms with van der Waals surface area (Å²) in [4.78, 5) is 17.0. The Labute approximate surface area is 188 Å². The summed E-state index contributed by atoms with van der Waals surface area (Å²) < 4.78 is 45.9. The van der Waals surface area contributed by atoms with Crippen molar-refractivity contribution in [2.45, 2.75) is 44.8 Å². The zero-order valence-electron chi connectivity index (χ0n) is 17.5. The molecule has 0 unspecified atom stereocenters. The van der Waals surface area contributed by atoms with Crippen molar-refractivity contribution in [1.29, 1.82) is 0 Å². The zero-order valence-corrected chi connectivity index (χ0v) is 18.3. The van der Waals surface area contributed by atoms with Crippen molar-refractivity contribution in [3.63, 3.8) is 0 Å². The molecule has 4 heterocycles. The first-order chi connectivity index (χ1) is 15.3. The van der Waals surface area contributed by atoms with Gasteiger partial charge < -0.3 is 14.6 Å². The lowest BCUT2D eigenvalue weighted by molar-refractivity contribution is -0.145. The van der Waals surface area contributed by atoms with Gasteiger partial charge in [-0.05, 0) is 62.3 Å². The topological polar surface area (TPSA) is 66.9 Å². The second-order valence-electron chi connectivity index (χ2n) is 8.49. The van der Waals surface area contributed by atoms with E-state index in [4.69, 9.17) is 16.3 Å². The third-order valence-electron chi connectivity index (χ3n) is 6.27. The van der Waals surface area contributed by atoms with Gasteiger partial charge in [-0.1, -0.05) is 11.6 Å².